The van der Waals surface area contributed by atoms with E-state index in [0.717, 1.165) is 0 Å². The molecule has 0 fully saturated rings. The SMILES string of the molecule is CCOC(=O)CNC(=O)N(CCC(=O)O)c1ccccc1. The fourth-order valence-corrected chi connectivity index (χ4v) is 1.62. The molecule has 7 nitrogen and oxygen atoms in total. The Morgan fingerprint density at radius 2 is 1.90 bits per heavy atom. The number of esters is 1. The normalized spacial score (nSPS) is 9.76. The molecule has 114 valence electrons. The molecule has 0 aliphatic carbocycles. The lowest BCUT2D eigenvalue weighted by molar-refractivity contribution is -0.142. The number of aliphatic carboxylic acids is 1. The highest BCUT2D eigenvalue weighted by molar-refractivity contribution is 5.94. The summed E-state index contributed by atoms with van der Waals surface area (Å²) >= 11 is 0. The molecule has 2 amide bonds. The molecule has 1 aromatic carbocycles. The average Bonchev–Trinajstić information content (AvgIpc) is 2.46. The molecule has 0 atom stereocenters. The van der Waals surface area contributed by atoms with Gasteiger partial charge in [0.2, 0.25) is 0 Å². The van der Waals surface area contributed by atoms with Crippen LogP contribution in [0.4, 0.5) is 10.5 Å². The number of hydrogen-bond acceptors (Lipinski definition) is 4. The van der Waals surface area contributed by atoms with Crippen LogP contribution in [0, 0.1) is 0 Å². The first-order chi connectivity index (χ1) is 10.0. The summed E-state index contributed by atoms with van der Waals surface area (Å²) in [6.07, 6.45) is -0.193. The van der Waals surface area contributed by atoms with E-state index in [2.05, 4.69) is 5.32 Å². The number of para-hydroxylation sites is 1. The first-order valence-corrected chi connectivity index (χ1v) is 6.52. The summed E-state index contributed by atoms with van der Waals surface area (Å²) in [5, 5.41) is 11.2. The molecule has 0 aromatic heterocycles. The Hall–Kier alpha value is -2.57. The number of benzene rings is 1. The standard InChI is InChI=1S/C14H18N2O5/c1-2-21-13(19)10-15-14(20)16(9-8-12(17)18)11-6-4-3-5-7-11/h3-7H,2,8-10H2,1H3,(H,15,20)(H,17,18). The van der Waals surface area contributed by atoms with Gasteiger partial charge in [0.15, 0.2) is 0 Å². The Morgan fingerprint density at radius 1 is 1.24 bits per heavy atom. The lowest BCUT2D eigenvalue weighted by Gasteiger charge is -2.22. The van der Waals surface area contributed by atoms with Crippen molar-refractivity contribution in [1.29, 1.82) is 0 Å². The molecule has 0 saturated heterocycles. The molecule has 0 aliphatic heterocycles. The zero-order valence-corrected chi connectivity index (χ0v) is 11.7. The van der Waals surface area contributed by atoms with Crippen LogP contribution in [0.3, 0.4) is 0 Å². The third-order valence-corrected chi connectivity index (χ3v) is 2.55. The molecule has 7 heteroatoms. The highest BCUT2D eigenvalue weighted by Crippen LogP contribution is 2.13. The molecular weight excluding hydrogens is 276 g/mol. The van der Waals surface area contributed by atoms with Crippen molar-refractivity contribution < 1.29 is 24.2 Å². The number of ether oxygens (including phenoxy) is 1. The fourth-order valence-electron chi connectivity index (χ4n) is 1.62. The van der Waals surface area contributed by atoms with E-state index in [9.17, 15) is 14.4 Å². The van der Waals surface area contributed by atoms with Crippen LogP contribution in [0.1, 0.15) is 13.3 Å². The Kier molecular flexibility index (Phi) is 6.73. The van der Waals surface area contributed by atoms with Crippen LogP contribution in [0.2, 0.25) is 0 Å². The molecule has 1 aromatic rings. The van der Waals surface area contributed by atoms with Crippen molar-refractivity contribution in [1.82, 2.24) is 5.32 Å². The van der Waals surface area contributed by atoms with Crippen LogP contribution in [-0.2, 0) is 14.3 Å². The highest BCUT2D eigenvalue weighted by atomic mass is 16.5. The van der Waals surface area contributed by atoms with Gasteiger partial charge in [-0.2, -0.15) is 0 Å². The largest absolute Gasteiger partial charge is 0.481 e. The molecule has 21 heavy (non-hydrogen) atoms. The van der Waals surface area contributed by atoms with Crippen molar-refractivity contribution >= 4 is 23.7 Å². The first-order valence-electron chi connectivity index (χ1n) is 6.52. The maximum atomic E-state index is 12.1. The van der Waals surface area contributed by atoms with Crippen LogP contribution < -0.4 is 10.2 Å². The number of hydrogen-bond donors (Lipinski definition) is 2. The van der Waals surface area contributed by atoms with Gasteiger partial charge in [0.05, 0.1) is 13.0 Å². The molecule has 0 bridgehead atoms. The van der Waals surface area contributed by atoms with Crippen LogP contribution in [0.5, 0.6) is 0 Å². The number of nitrogens with zero attached hydrogens (tertiary/aromatic N) is 1. The van der Waals surface area contributed by atoms with Gasteiger partial charge in [0.25, 0.3) is 0 Å². The van der Waals surface area contributed by atoms with Crippen molar-refractivity contribution in [3.05, 3.63) is 30.3 Å². The lowest BCUT2D eigenvalue weighted by atomic mass is 10.3. The van der Waals surface area contributed by atoms with Crippen LogP contribution in [0.15, 0.2) is 30.3 Å². The van der Waals surface area contributed by atoms with Crippen molar-refractivity contribution in [2.24, 2.45) is 0 Å². The van der Waals surface area contributed by atoms with E-state index in [4.69, 9.17) is 9.84 Å². The third-order valence-electron chi connectivity index (χ3n) is 2.55. The van der Waals surface area contributed by atoms with E-state index in [-0.39, 0.29) is 26.1 Å². The predicted octanol–water partition coefficient (Wildman–Crippen LogP) is 1.24. The summed E-state index contributed by atoms with van der Waals surface area (Å²) in [5.41, 5.74) is 0.556. The minimum Gasteiger partial charge on any atom is -0.481 e. The number of carbonyl (C=O) groups is 3. The predicted molar refractivity (Wildman–Crippen MR) is 76.1 cm³/mol. The average molecular weight is 294 g/mol. The number of anilines is 1. The number of carboxylic acid groups (broad SMARTS) is 1. The van der Waals surface area contributed by atoms with Gasteiger partial charge in [-0.1, -0.05) is 18.2 Å². The third kappa shape index (κ3) is 5.94. The Morgan fingerprint density at radius 3 is 2.48 bits per heavy atom. The number of nitrogens with one attached hydrogen (secondary N) is 1. The van der Waals surface area contributed by atoms with E-state index in [1.165, 1.54) is 4.90 Å². The lowest BCUT2D eigenvalue weighted by Crippen LogP contribution is -2.43. The Balaban J connectivity index is 2.69. The molecule has 0 unspecified atom stereocenters. The van der Waals surface area contributed by atoms with E-state index < -0.39 is 18.0 Å². The number of amides is 2. The molecular formula is C14H18N2O5. The van der Waals surface area contributed by atoms with E-state index in [0.29, 0.717) is 5.69 Å². The molecule has 0 spiro atoms. The molecule has 0 saturated carbocycles. The molecule has 0 aliphatic rings. The summed E-state index contributed by atoms with van der Waals surface area (Å²) in [5.74, 6) is -1.55. The van der Waals surface area contributed by atoms with Gasteiger partial charge in [-0.05, 0) is 19.1 Å². The van der Waals surface area contributed by atoms with Crippen molar-refractivity contribution in [2.45, 2.75) is 13.3 Å². The van der Waals surface area contributed by atoms with E-state index in [1.54, 1.807) is 37.3 Å². The summed E-state index contributed by atoms with van der Waals surface area (Å²) in [7, 11) is 0. The maximum absolute atomic E-state index is 12.1. The Labute approximate surface area is 122 Å². The monoisotopic (exact) mass is 294 g/mol. The molecule has 1 rings (SSSR count). The van der Waals surface area contributed by atoms with Crippen LogP contribution in [-0.4, -0.2) is 42.8 Å². The van der Waals surface area contributed by atoms with Gasteiger partial charge in [0, 0.05) is 12.2 Å². The van der Waals surface area contributed by atoms with Gasteiger partial charge in [-0.15, -0.1) is 0 Å². The number of carbonyl (C=O) groups excluding carboxylic acids is 2. The summed E-state index contributed by atoms with van der Waals surface area (Å²) in [6.45, 7) is 1.65. The van der Waals surface area contributed by atoms with Gasteiger partial charge in [0.1, 0.15) is 6.54 Å². The molecule has 2 N–H and O–H groups in total. The van der Waals surface area contributed by atoms with Gasteiger partial charge >= 0.3 is 18.0 Å². The van der Waals surface area contributed by atoms with Crippen molar-refractivity contribution in [2.75, 3.05) is 24.6 Å². The number of urea groups is 1. The fraction of sp³-hybridized carbons (Fsp3) is 0.357. The second-order valence-electron chi connectivity index (χ2n) is 4.09. The smallest absolute Gasteiger partial charge is 0.325 e. The van der Waals surface area contributed by atoms with Crippen LogP contribution in [0.25, 0.3) is 0 Å². The maximum Gasteiger partial charge on any atom is 0.325 e. The van der Waals surface area contributed by atoms with Gasteiger partial charge in [-0.25, -0.2) is 4.79 Å². The van der Waals surface area contributed by atoms with Gasteiger partial charge in [-0.3, -0.25) is 14.5 Å². The summed E-state index contributed by atoms with van der Waals surface area (Å²) in [4.78, 5) is 35.2. The Bertz CT molecular complexity index is 489. The van der Waals surface area contributed by atoms with Crippen LogP contribution >= 0.6 is 0 Å². The summed E-state index contributed by atoms with van der Waals surface area (Å²) in [6, 6.07) is 8.09. The minimum atomic E-state index is -1.01. The zero-order chi connectivity index (χ0) is 15.7. The second kappa shape index (κ2) is 8.57. The van der Waals surface area contributed by atoms with Crippen molar-refractivity contribution in [3.8, 4) is 0 Å². The second-order valence-corrected chi connectivity index (χ2v) is 4.09. The number of rotatable bonds is 7. The quantitative estimate of drug-likeness (QED) is 0.738. The van der Waals surface area contributed by atoms with Crippen molar-refractivity contribution in [3.63, 3.8) is 0 Å². The van der Waals surface area contributed by atoms with E-state index in [1.807, 2.05) is 0 Å². The number of carboxylic acids is 1. The summed E-state index contributed by atoms with van der Waals surface area (Å²) < 4.78 is 4.71. The zero-order valence-electron chi connectivity index (χ0n) is 11.7. The topological polar surface area (TPSA) is 95.9 Å². The first kappa shape index (κ1) is 16.5. The molecule has 0 heterocycles. The highest BCUT2D eigenvalue weighted by Gasteiger charge is 2.17. The molecule has 0 radical (unpaired) electrons. The minimum absolute atomic E-state index is 0.00794. The van der Waals surface area contributed by atoms with E-state index >= 15 is 0 Å². The van der Waals surface area contributed by atoms with Gasteiger partial charge < -0.3 is 15.2 Å².